The Bertz CT molecular complexity index is 838. The van der Waals surface area contributed by atoms with E-state index >= 15 is 0 Å². The van der Waals surface area contributed by atoms with Crippen molar-refractivity contribution in [3.8, 4) is 0 Å². The predicted octanol–water partition coefficient (Wildman–Crippen LogP) is 0.619. The molecule has 0 aliphatic carbocycles. The topological polar surface area (TPSA) is 102 Å². The Hall–Kier alpha value is -2.81. The fraction of sp³-hybridized carbons (Fsp3) is 0.368. The van der Waals surface area contributed by atoms with Crippen LogP contribution < -0.4 is 5.32 Å². The Morgan fingerprint density at radius 2 is 1.96 bits per heavy atom. The lowest BCUT2D eigenvalue weighted by molar-refractivity contribution is -0.152. The molecule has 1 aromatic carbocycles. The van der Waals surface area contributed by atoms with Crippen molar-refractivity contribution in [2.75, 3.05) is 19.5 Å². The van der Waals surface area contributed by atoms with Crippen LogP contribution in [-0.2, 0) is 35.1 Å². The van der Waals surface area contributed by atoms with Crippen molar-refractivity contribution in [3.63, 3.8) is 0 Å². The Labute approximate surface area is 166 Å². The smallest absolute Gasteiger partial charge is 0.354 e. The lowest BCUT2D eigenvalue weighted by Gasteiger charge is -2.49. The number of ether oxygens (including phenoxy) is 2. The molecule has 2 atom stereocenters. The summed E-state index contributed by atoms with van der Waals surface area (Å²) >= 11 is 1.40. The molecule has 2 heterocycles. The molecule has 1 aromatic rings. The monoisotopic (exact) mass is 404 g/mol. The van der Waals surface area contributed by atoms with Crippen LogP contribution in [0.1, 0.15) is 12.5 Å². The largest absolute Gasteiger partial charge is 0.464 e. The van der Waals surface area contributed by atoms with Gasteiger partial charge < -0.3 is 14.8 Å². The van der Waals surface area contributed by atoms with Crippen LogP contribution in [0.2, 0.25) is 0 Å². The molecular formula is C19H20N2O6S. The molecule has 2 aliphatic rings. The summed E-state index contributed by atoms with van der Waals surface area (Å²) in [5, 5.41) is 2.34. The van der Waals surface area contributed by atoms with E-state index in [9.17, 15) is 19.2 Å². The summed E-state index contributed by atoms with van der Waals surface area (Å²) in [6, 6.07) is 8.51. The number of methoxy groups -OCH3 is 1. The second kappa shape index (κ2) is 8.47. The molecule has 0 saturated carbocycles. The van der Waals surface area contributed by atoms with Crippen LogP contribution in [0.25, 0.3) is 0 Å². The number of hydrogen-bond donors (Lipinski definition) is 1. The highest BCUT2D eigenvalue weighted by Crippen LogP contribution is 2.40. The average molecular weight is 404 g/mol. The first kappa shape index (κ1) is 19.9. The molecule has 1 fully saturated rings. The van der Waals surface area contributed by atoms with Crippen molar-refractivity contribution < 1.29 is 28.7 Å². The van der Waals surface area contributed by atoms with Crippen molar-refractivity contribution in [1.29, 1.82) is 0 Å². The molecule has 0 unspecified atom stereocenters. The quantitative estimate of drug-likeness (QED) is 0.548. The number of nitrogens with one attached hydrogen (secondary N) is 1. The van der Waals surface area contributed by atoms with Gasteiger partial charge in [-0.3, -0.25) is 19.3 Å². The molecule has 0 radical (unpaired) electrons. The number of rotatable bonds is 6. The van der Waals surface area contributed by atoms with Gasteiger partial charge >= 0.3 is 11.9 Å². The predicted molar refractivity (Wildman–Crippen MR) is 101 cm³/mol. The van der Waals surface area contributed by atoms with Crippen LogP contribution in [0.3, 0.4) is 0 Å². The number of hydrogen-bond acceptors (Lipinski definition) is 7. The SMILES string of the molecule is COC(=O)C1=C(COC(C)=O)CS[C@H]2[C@H](NC(=O)Cc3ccccc3)C(=O)N12. The molecule has 0 spiro atoms. The Morgan fingerprint density at radius 3 is 2.61 bits per heavy atom. The number of nitrogens with zero attached hydrogens (tertiary/aromatic N) is 1. The molecule has 8 nitrogen and oxygen atoms in total. The summed E-state index contributed by atoms with van der Waals surface area (Å²) in [4.78, 5) is 49.6. The number of β-lactam (4-membered cyclic amide) rings is 1. The van der Waals surface area contributed by atoms with Crippen LogP contribution in [0.5, 0.6) is 0 Å². The highest BCUT2D eigenvalue weighted by Gasteiger charge is 2.54. The summed E-state index contributed by atoms with van der Waals surface area (Å²) in [7, 11) is 1.22. The number of thioether (sulfide) groups is 1. The number of carbonyl (C=O) groups is 4. The van der Waals surface area contributed by atoms with Gasteiger partial charge in [-0.2, -0.15) is 0 Å². The maximum Gasteiger partial charge on any atom is 0.354 e. The molecule has 2 aliphatic heterocycles. The molecular weight excluding hydrogens is 384 g/mol. The highest BCUT2D eigenvalue weighted by atomic mass is 32.2. The van der Waals surface area contributed by atoms with Gasteiger partial charge in [-0.15, -0.1) is 11.8 Å². The van der Waals surface area contributed by atoms with Crippen molar-refractivity contribution in [1.82, 2.24) is 10.2 Å². The molecule has 1 saturated heterocycles. The van der Waals surface area contributed by atoms with Crippen molar-refractivity contribution in [2.45, 2.75) is 24.8 Å². The van der Waals surface area contributed by atoms with Gasteiger partial charge in [-0.25, -0.2) is 4.79 Å². The Balaban J connectivity index is 1.71. The first-order chi connectivity index (χ1) is 13.4. The summed E-state index contributed by atoms with van der Waals surface area (Å²) < 4.78 is 9.78. The Morgan fingerprint density at radius 1 is 1.25 bits per heavy atom. The number of fused-ring (bicyclic) bond motifs is 1. The van der Waals surface area contributed by atoms with E-state index in [4.69, 9.17) is 9.47 Å². The first-order valence-electron chi connectivity index (χ1n) is 8.64. The lowest BCUT2D eigenvalue weighted by Crippen LogP contribution is -2.70. The van der Waals surface area contributed by atoms with Gasteiger partial charge in [0.25, 0.3) is 5.91 Å². The third-order valence-electron chi connectivity index (χ3n) is 4.40. The molecule has 0 bridgehead atoms. The average Bonchev–Trinajstić information content (AvgIpc) is 2.69. The summed E-state index contributed by atoms with van der Waals surface area (Å²) in [5.74, 6) is -1.42. The molecule has 2 amide bonds. The molecule has 148 valence electrons. The normalized spacial score (nSPS) is 20.8. The van der Waals surface area contributed by atoms with E-state index in [-0.39, 0.29) is 30.5 Å². The van der Waals surface area contributed by atoms with Crippen LogP contribution in [0, 0.1) is 0 Å². The molecule has 0 aromatic heterocycles. The van der Waals surface area contributed by atoms with E-state index in [0.29, 0.717) is 11.3 Å². The zero-order valence-electron chi connectivity index (χ0n) is 15.5. The zero-order chi connectivity index (χ0) is 20.3. The highest BCUT2D eigenvalue weighted by molar-refractivity contribution is 8.00. The number of amides is 2. The van der Waals surface area contributed by atoms with E-state index in [1.807, 2.05) is 30.3 Å². The number of benzene rings is 1. The van der Waals surface area contributed by atoms with Gasteiger partial charge in [0, 0.05) is 18.2 Å². The standard InChI is InChI=1S/C19H20N2O6S/c1-11(22)27-9-13-10-28-18-15(17(24)21(18)16(13)19(25)26-2)20-14(23)8-12-6-4-3-5-7-12/h3-7,15,18H,8-10H2,1-2H3,(H,20,23)/t15-,18+/m1/s1. The minimum Gasteiger partial charge on any atom is -0.464 e. The second-order valence-corrected chi connectivity index (χ2v) is 7.45. The van der Waals surface area contributed by atoms with Crippen LogP contribution in [-0.4, -0.2) is 59.5 Å². The first-order valence-corrected chi connectivity index (χ1v) is 9.69. The fourth-order valence-corrected chi connectivity index (χ4v) is 4.40. The van der Waals surface area contributed by atoms with Crippen LogP contribution in [0.15, 0.2) is 41.6 Å². The molecule has 1 N–H and O–H groups in total. The third kappa shape index (κ3) is 4.04. The molecule has 28 heavy (non-hydrogen) atoms. The van der Waals surface area contributed by atoms with Crippen molar-refractivity contribution >= 4 is 35.5 Å². The summed E-state index contributed by atoms with van der Waals surface area (Å²) in [5.41, 5.74) is 1.44. The van der Waals surface area contributed by atoms with Gasteiger partial charge in [0.1, 0.15) is 23.7 Å². The van der Waals surface area contributed by atoms with E-state index in [0.717, 1.165) is 5.56 Å². The summed E-state index contributed by atoms with van der Waals surface area (Å²) in [6.45, 7) is 1.18. The fourth-order valence-electron chi connectivity index (χ4n) is 3.07. The van der Waals surface area contributed by atoms with Crippen LogP contribution in [0.4, 0.5) is 0 Å². The van der Waals surface area contributed by atoms with E-state index in [2.05, 4.69) is 5.32 Å². The van der Waals surface area contributed by atoms with Gasteiger partial charge in [0.15, 0.2) is 0 Å². The zero-order valence-corrected chi connectivity index (χ0v) is 16.3. The minimum atomic E-state index is -0.712. The van der Waals surface area contributed by atoms with E-state index < -0.39 is 23.4 Å². The maximum absolute atomic E-state index is 12.6. The van der Waals surface area contributed by atoms with E-state index in [1.54, 1.807) is 0 Å². The Kier molecular flexibility index (Phi) is 6.03. The maximum atomic E-state index is 12.6. The van der Waals surface area contributed by atoms with Gasteiger partial charge in [0.05, 0.1) is 13.5 Å². The van der Waals surface area contributed by atoms with Crippen LogP contribution >= 0.6 is 11.8 Å². The lowest BCUT2D eigenvalue weighted by atomic mass is 10.0. The molecule has 9 heteroatoms. The van der Waals surface area contributed by atoms with Gasteiger partial charge in [-0.1, -0.05) is 30.3 Å². The van der Waals surface area contributed by atoms with Crippen molar-refractivity contribution in [2.24, 2.45) is 0 Å². The van der Waals surface area contributed by atoms with Gasteiger partial charge in [-0.05, 0) is 5.56 Å². The molecule has 3 rings (SSSR count). The van der Waals surface area contributed by atoms with Crippen molar-refractivity contribution in [3.05, 3.63) is 47.2 Å². The minimum absolute atomic E-state index is 0.0889. The third-order valence-corrected chi connectivity index (χ3v) is 5.74. The number of esters is 2. The number of carbonyl (C=O) groups excluding carboxylic acids is 4. The van der Waals surface area contributed by atoms with Gasteiger partial charge in [0.2, 0.25) is 5.91 Å². The van der Waals surface area contributed by atoms with E-state index in [1.165, 1.54) is 30.7 Å². The summed E-state index contributed by atoms with van der Waals surface area (Å²) in [6.07, 6.45) is 0.166. The second-order valence-electron chi connectivity index (χ2n) is 6.34.